The average molecular weight is 368 g/mol. The summed E-state index contributed by atoms with van der Waals surface area (Å²) in [7, 11) is 1.60. The van der Waals surface area contributed by atoms with Crippen molar-refractivity contribution in [2.75, 3.05) is 25.6 Å². The number of nitrogens with zero attached hydrogens (tertiary/aromatic N) is 1. The first-order valence-corrected chi connectivity index (χ1v) is 9.06. The minimum atomic E-state index is -1.59. The van der Waals surface area contributed by atoms with Gasteiger partial charge in [-0.3, -0.25) is 9.59 Å². The lowest BCUT2D eigenvalue weighted by molar-refractivity contribution is -0.141. The highest BCUT2D eigenvalue weighted by Gasteiger charge is 2.57. The summed E-state index contributed by atoms with van der Waals surface area (Å²) in [5.74, 6) is -1.38. The SMILES string of the molecule is COC[C@@H]1CCCN1C(=O)[C@]1(c2ccccc2)C(=O)Nc2c(F)cccc21. The van der Waals surface area contributed by atoms with Gasteiger partial charge < -0.3 is 15.0 Å². The van der Waals surface area contributed by atoms with E-state index in [4.69, 9.17) is 4.74 Å². The van der Waals surface area contributed by atoms with E-state index in [1.165, 1.54) is 12.1 Å². The number of halogens is 1. The summed E-state index contributed by atoms with van der Waals surface area (Å²) in [6, 6.07) is 13.3. The summed E-state index contributed by atoms with van der Waals surface area (Å²) in [6.07, 6.45) is 1.67. The van der Waals surface area contributed by atoms with E-state index in [9.17, 15) is 14.0 Å². The van der Waals surface area contributed by atoms with Crippen LogP contribution in [-0.2, 0) is 19.7 Å². The van der Waals surface area contributed by atoms with Gasteiger partial charge in [-0.1, -0.05) is 42.5 Å². The first-order valence-electron chi connectivity index (χ1n) is 9.06. The first-order chi connectivity index (χ1) is 13.1. The highest BCUT2D eigenvalue weighted by atomic mass is 19.1. The minimum absolute atomic E-state index is 0.0854. The Bertz CT molecular complexity index is 886. The second-order valence-corrected chi connectivity index (χ2v) is 6.98. The predicted octanol–water partition coefficient (Wildman–Crippen LogP) is 2.70. The Morgan fingerprint density at radius 3 is 2.78 bits per heavy atom. The summed E-state index contributed by atoms with van der Waals surface area (Å²) < 4.78 is 19.7. The number of para-hydroxylation sites is 1. The van der Waals surface area contributed by atoms with E-state index in [1.54, 1.807) is 42.3 Å². The monoisotopic (exact) mass is 368 g/mol. The number of anilines is 1. The second-order valence-electron chi connectivity index (χ2n) is 6.98. The molecule has 5 nitrogen and oxygen atoms in total. The van der Waals surface area contributed by atoms with Gasteiger partial charge in [-0.2, -0.15) is 0 Å². The summed E-state index contributed by atoms with van der Waals surface area (Å²) in [5.41, 5.74) is -0.594. The molecule has 4 rings (SSSR count). The number of amides is 2. The van der Waals surface area contributed by atoms with Crippen LogP contribution in [-0.4, -0.2) is 43.0 Å². The molecule has 1 N–H and O–H groups in total. The summed E-state index contributed by atoms with van der Waals surface area (Å²) in [5, 5.41) is 2.61. The molecule has 1 saturated heterocycles. The summed E-state index contributed by atoms with van der Waals surface area (Å²) in [6.45, 7) is 0.966. The van der Waals surface area contributed by atoms with Crippen molar-refractivity contribution in [1.82, 2.24) is 4.90 Å². The molecule has 2 amide bonds. The second kappa shape index (κ2) is 6.78. The molecule has 0 radical (unpaired) electrons. The molecule has 0 aliphatic carbocycles. The van der Waals surface area contributed by atoms with E-state index in [0.29, 0.717) is 24.3 Å². The number of ether oxygens (including phenoxy) is 1. The molecule has 140 valence electrons. The number of fused-ring (bicyclic) bond motifs is 1. The van der Waals surface area contributed by atoms with E-state index >= 15 is 0 Å². The third kappa shape index (κ3) is 2.55. The standard InChI is InChI=1S/C21H21FN2O3/c1-27-13-15-9-6-12-24(15)20(26)21(14-7-3-2-4-8-14)16-10-5-11-17(22)18(16)23-19(21)25/h2-5,7-8,10-11,15H,6,9,12-13H2,1H3,(H,23,25)/t15-,21-/m0/s1. The van der Waals surface area contributed by atoms with Crippen molar-refractivity contribution in [1.29, 1.82) is 0 Å². The third-order valence-electron chi connectivity index (χ3n) is 5.52. The molecule has 0 aromatic heterocycles. The van der Waals surface area contributed by atoms with Crippen LogP contribution in [0, 0.1) is 5.82 Å². The molecular weight excluding hydrogens is 347 g/mol. The lowest BCUT2D eigenvalue weighted by atomic mass is 9.74. The first kappa shape index (κ1) is 17.7. The number of nitrogens with one attached hydrogen (secondary N) is 1. The number of likely N-dealkylation sites (tertiary alicyclic amines) is 1. The summed E-state index contributed by atoms with van der Waals surface area (Å²) >= 11 is 0. The smallest absolute Gasteiger partial charge is 0.249 e. The van der Waals surface area contributed by atoms with Gasteiger partial charge in [0.2, 0.25) is 11.8 Å². The van der Waals surface area contributed by atoms with Crippen LogP contribution in [0.5, 0.6) is 0 Å². The van der Waals surface area contributed by atoms with Crippen LogP contribution in [0.1, 0.15) is 24.0 Å². The average Bonchev–Trinajstić information content (AvgIpc) is 3.26. The van der Waals surface area contributed by atoms with Gasteiger partial charge in [0.1, 0.15) is 5.82 Å². The fraction of sp³-hybridized carbons (Fsp3) is 0.333. The topological polar surface area (TPSA) is 58.6 Å². The van der Waals surface area contributed by atoms with Gasteiger partial charge >= 0.3 is 0 Å². The van der Waals surface area contributed by atoms with E-state index < -0.39 is 17.1 Å². The quantitative estimate of drug-likeness (QED) is 0.845. The van der Waals surface area contributed by atoms with Gasteiger partial charge in [0.25, 0.3) is 0 Å². The van der Waals surface area contributed by atoms with E-state index in [-0.39, 0.29) is 17.6 Å². The number of hydrogen-bond donors (Lipinski definition) is 1. The van der Waals surface area contributed by atoms with Crippen LogP contribution < -0.4 is 5.32 Å². The number of rotatable bonds is 4. The van der Waals surface area contributed by atoms with Gasteiger partial charge in [-0.15, -0.1) is 0 Å². The number of benzene rings is 2. The van der Waals surface area contributed by atoms with E-state index in [2.05, 4.69) is 5.32 Å². The van der Waals surface area contributed by atoms with Crippen LogP contribution >= 0.6 is 0 Å². The maximum atomic E-state index is 14.4. The molecule has 0 spiro atoms. The Hall–Kier alpha value is -2.73. The van der Waals surface area contributed by atoms with Crippen molar-refractivity contribution in [2.24, 2.45) is 0 Å². The zero-order valence-corrected chi connectivity index (χ0v) is 15.1. The van der Waals surface area contributed by atoms with Gasteiger partial charge in [-0.25, -0.2) is 4.39 Å². The Morgan fingerprint density at radius 2 is 2.04 bits per heavy atom. The molecule has 6 heteroatoms. The van der Waals surface area contributed by atoms with Crippen molar-refractivity contribution >= 4 is 17.5 Å². The molecule has 2 aliphatic heterocycles. The van der Waals surface area contributed by atoms with Crippen molar-refractivity contribution in [3.05, 3.63) is 65.5 Å². The maximum absolute atomic E-state index is 14.4. The molecule has 2 aromatic carbocycles. The maximum Gasteiger partial charge on any atom is 0.249 e. The third-order valence-corrected chi connectivity index (χ3v) is 5.52. The molecule has 27 heavy (non-hydrogen) atoms. The fourth-order valence-corrected chi connectivity index (χ4v) is 4.29. The molecule has 1 fully saturated rings. The van der Waals surface area contributed by atoms with Crippen molar-refractivity contribution in [2.45, 2.75) is 24.3 Å². The van der Waals surface area contributed by atoms with Gasteiger partial charge in [-0.05, 0) is 24.5 Å². The molecule has 0 bridgehead atoms. The lowest BCUT2D eigenvalue weighted by Crippen LogP contribution is -2.53. The zero-order valence-electron chi connectivity index (χ0n) is 15.1. The summed E-state index contributed by atoms with van der Waals surface area (Å²) in [4.78, 5) is 28.8. The van der Waals surface area contributed by atoms with Crippen LogP contribution in [0.25, 0.3) is 0 Å². The lowest BCUT2D eigenvalue weighted by Gasteiger charge is -2.34. The fourth-order valence-electron chi connectivity index (χ4n) is 4.29. The normalized spacial score (nSPS) is 24.0. The Labute approximate surface area is 157 Å². The van der Waals surface area contributed by atoms with Gasteiger partial charge in [0.05, 0.1) is 18.3 Å². The number of carbonyl (C=O) groups excluding carboxylic acids is 2. The zero-order chi connectivity index (χ0) is 19.0. The van der Waals surface area contributed by atoms with Crippen molar-refractivity contribution in [3.8, 4) is 0 Å². The van der Waals surface area contributed by atoms with Gasteiger partial charge in [0, 0.05) is 19.2 Å². The Balaban J connectivity index is 1.91. The van der Waals surface area contributed by atoms with E-state index in [0.717, 1.165) is 12.8 Å². The molecule has 2 aliphatic rings. The molecular formula is C21H21FN2O3. The Morgan fingerprint density at radius 1 is 1.26 bits per heavy atom. The van der Waals surface area contributed by atoms with Gasteiger partial charge in [0.15, 0.2) is 5.41 Å². The largest absolute Gasteiger partial charge is 0.383 e. The number of methoxy groups -OCH3 is 1. The molecule has 0 unspecified atom stereocenters. The van der Waals surface area contributed by atoms with Crippen molar-refractivity contribution in [3.63, 3.8) is 0 Å². The predicted molar refractivity (Wildman–Crippen MR) is 98.9 cm³/mol. The molecule has 2 aromatic rings. The van der Waals surface area contributed by atoms with Crippen LogP contribution in [0.15, 0.2) is 48.5 Å². The Kier molecular flexibility index (Phi) is 4.44. The highest BCUT2D eigenvalue weighted by molar-refractivity contribution is 6.23. The molecule has 2 heterocycles. The van der Waals surface area contributed by atoms with E-state index in [1.807, 2.05) is 6.07 Å². The highest BCUT2D eigenvalue weighted by Crippen LogP contribution is 2.46. The van der Waals surface area contributed by atoms with Crippen molar-refractivity contribution < 1.29 is 18.7 Å². The van der Waals surface area contributed by atoms with Crippen LogP contribution in [0.4, 0.5) is 10.1 Å². The molecule has 0 saturated carbocycles. The minimum Gasteiger partial charge on any atom is -0.383 e. The van der Waals surface area contributed by atoms with Crippen LogP contribution in [0.3, 0.4) is 0 Å². The van der Waals surface area contributed by atoms with Crippen LogP contribution in [0.2, 0.25) is 0 Å². The number of hydrogen-bond acceptors (Lipinski definition) is 3. The molecule has 2 atom stereocenters. The number of carbonyl (C=O) groups is 2.